The SMILES string of the molecule is C=CC(=O)OCC(O)COc1c2ccccc2cc2ccc(Sc3ccccc3)cc12. The number of carbonyl (C=O) groups is 1. The van der Waals surface area contributed by atoms with Crippen molar-refractivity contribution in [2.45, 2.75) is 15.9 Å². The Morgan fingerprint density at radius 3 is 2.45 bits per heavy atom. The predicted octanol–water partition coefficient (Wildman–Crippen LogP) is 5.61. The summed E-state index contributed by atoms with van der Waals surface area (Å²) in [5.41, 5.74) is 0. The van der Waals surface area contributed by atoms with Crippen LogP contribution in [0.5, 0.6) is 5.75 Å². The normalized spacial score (nSPS) is 11.9. The minimum atomic E-state index is -0.945. The van der Waals surface area contributed by atoms with E-state index in [0.29, 0.717) is 5.75 Å². The average molecular weight is 431 g/mol. The van der Waals surface area contributed by atoms with E-state index >= 15 is 0 Å². The summed E-state index contributed by atoms with van der Waals surface area (Å²) in [5, 5.41) is 14.3. The van der Waals surface area contributed by atoms with Gasteiger partial charge in [0.15, 0.2) is 0 Å². The van der Waals surface area contributed by atoms with Crippen molar-refractivity contribution in [2.75, 3.05) is 13.2 Å². The van der Waals surface area contributed by atoms with E-state index < -0.39 is 12.1 Å². The van der Waals surface area contributed by atoms with Crippen LogP contribution in [0.3, 0.4) is 0 Å². The Balaban J connectivity index is 1.66. The van der Waals surface area contributed by atoms with Crippen LogP contribution in [0.2, 0.25) is 0 Å². The lowest BCUT2D eigenvalue weighted by Gasteiger charge is -2.16. The Labute approximate surface area is 185 Å². The summed E-state index contributed by atoms with van der Waals surface area (Å²) in [7, 11) is 0. The first-order valence-corrected chi connectivity index (χ1v) is 10.7. The molecule has 5 heteroatoms. The molecule has 31 heavy (non-hydrogen) atoms. The molecule has 0 aliphatic carbocycles. The molecule has 0 saturated carbocycles. The maximum Gasteiger partial charge on any atom is 0.330 e. The average Bonchev–Trinajstić information content (AvgIpc) is 2.81. The molecule has 0 aromatic heterocycles. The molecule has 1 unspecified atom stereocenters. The standard InChI is InChI=1S/C26H22O4S/c1-2-25(28)29-16-20(27)17-30-26-23-11-7-6-8-18(23)14-19-12-13-22(15-24(19)26)31-21-9-4-3-5-10-21/h2-15,20,27H,1,16-17H2. The summed E-state index contributed by atoms with van der Waals surface area (Å²) in [4.78, 5) is 13.5. The maximum absolute atomic E-state index is 11.2. The second-order valence-corrected chi connectivity index (χ2v) is 8.17. The smallest absolute Gasteiger partial charge is 0.330 e. The second-order valence-electron chi connectivity index (χ2n) is 7.02. The fraction of sp³-hybridized carbons (Fsp3) is 0.115. The maximum atomic E-state index is 11.2. The van der Waals surface area contributed by atoms with Gasteiger partial charge in [0.1, 0.15) is 25.1 Å². The van der Waals surface area contributed by atoms with E-state index in [9.17, 15) is 9.90 Å². The van der Waals surface area contributed by atoms with Crippen LogP contribution in [-0.2, 0) is 9.53 Å². The zero-order chi connectivity index (χ0) is 21.6. The van der Waals surface area contributed by atoms with Crippen molar-refractivity contribution in [3.63, 3.8) is 0 Å². The van der Waals surface area contributed by atoms with Gasteiger partial charge in [0.25, 0.3) is 0 Å². The van der Waals surface area contributed by atoms with Gasteiger partial charge in [-0.25, -0.2) is 4.79 Å². The molecule has 1 atom stereocenters. The largest absolute Gasteiger partial charge is 0.489 e. The molecule has 4 aromatic carbocycles. The number of aliphatic hydroxyl groups excluding tert-OH is 1. The monoisotopic (exact) mass is 430 g/mol. The molecule has 0 bridgehead atoms. The fourth-order valence-corrected chi connectivity index (χ4v) is 4.19. The molecule has 0 radical (unpaired) electrons. The zero-order valence-corrected chi connectivity index (χ0v) is 17.7. The quantitative estimate of drug-likeness (QED) is 0.224. The highest BCUT2D eigenvalue weighted by molar-refractivity contribution is 7.99. The van der Waals surface area contributed by atoms with Crippen LogP contribution in [-0.4, -0.2) is 30.4 Å². The Morgan fingerprint density at radius 2 is 1.65 bits per heavy atom. The number of hydrogen-bond acceptors (Lipinski definition) is 5. The highest BCUT2D eigenvalue weighted by Gasteiger charge is 2.14. The van der Waals surface area contributed by atoms with Crippen LogP contribution in [0.4, 0.5) is 0 Å². The fourth-order valence-electron chi connectivity index (χ4n) is 3.31. The highest BCUT2D eigenvalue weighted by atomic mass is 32.2. The molecule has 0 aliphatic heterocycles. The minimum Gasteiger partial charge on any atom is -0.489 e. The zero-order valence-electron chi connectivity index (χ0n) is 16.9. The van der Waals surface area contributed by atoms with E-state index in [1.807, 2.05) is 42.5 Å². The van der Waals surface area contributed by atoms with Gasteiger partial charge in [0.2, 0.25) is 0 Å². The first-order valence-electron chi connectivity index (χ1n) is 9.92. The van der Waals surface area contributed by atoms with Gasteiger partial charge in [0, 0.05) is 26.6 Å². The summed E-state index contributed by atoms with van der Waals surface area (Å²) < 4.78 is 11.0. The van der Waals surface area contributed by atoms with Gasteiger partial charge in [-0.3, -0.25) is 0 Å². The Bertz CT molecular complexity index is 1220. The summed E-state index contributed by atoms with van der Waals surface area (Å²) in [6.07, 6.45) is 0.123. The van der Waals surface area contributed by atoms with Crippen molar-refractivity contribution >= 4 is 39.3 Å². The Kier molecular flexibility index (Phi) is 6.55. The summed E-state index contributed by atoms with van der Waals surface area (Å²) in [5.74, 6) is 0.134. The van der Waals surface area contributed by atoms with Crippen LogP contribution in [0.1, 0.15) is 0 Å². The van der Waals surface area contributed by atoms with Gasteiger partial charge in [-0.05, 0) is 41.1 Å². The number of rotatable bonds is 8. The molecule has 0 aliphatic rings. The first kappa shape index (κ1) is 21.0. The van der Waals surface area contributed by atoms with Gasteiger partial charge in [0.05, 0.1) is 0 Å². The lowest BCUT2D eigenvalue weighted by molar-refractivity contribution is -0.141. The third kappa shape index (κ3) is 5.08. The third-order valence-corrected chi connectivity index (χ3v) is 5.77. The van der Waals surface area contributed by atoms with Crippen molar-refractivity contribution in [2.24, 2.45) is 0 Å². The number of hydrogen-bond donors (Lipinski definition) is 1. The van der Waals surface area contributed by atoms with Crippen molar-refractivity contribution in [3.8, 4) is 5.75 Å². The summed E-state index contributed by atoms with van der Waals surface area (Å²) >= 11 is 1.68. The molecular weight excluding hydrogens is 408 g/mol. The first-order chi connectivity index (χ1) is 15.1. The van der Waals surface area contributed by atoms with Crippen LogP contribution >= 0.6 is 11.8 Å². The molecule has 4 aromatic rings. The summed E-state index contributed by atoms with van der Waals surface area (Å²) in [6.45, 7) is 3.20. The number of fused-ring (bicyclic) bond motifs is 2. The van der Waals surface area contributed by atoms with Gasteiger partial charge in [-0.1, -0.05) is 66.9 Å². The minimum absolute atomic E-state index is 0.00356. The third-order valence-electron chi connectivity index (χ3n) is 4.77. The molecule has 1 N–H and O–H groups in total. The van der Waals surface area contributed by atoms with Crippen molar-refractivity contribution in [1.82, 2.24) is 0 Å². The second kappa shape index (κ2) is 9.69. The van der Waals surface area contributed by atoms with Crippen LogP contribution in [0.15, 0.2) is 101 Å². The van der Waals surface area contributed by atoms with Crippen molar-refractivity contribution in [3.05, 3.63) is 91.5 Å². The van der Waals surface area contributed by atoms with Crippen molar-refractivity contribution < 1.29 is 19.4 Å². The number of esters is 1. The van der Waals surface area contributed by atoms with Gasteiger partial charge in [-0.2, -0.15) is 0 Å². The Hall–Kier alpha value is -3.28. The molecule has 4 nitrogen and oxygen atoms in total. The molecule has 4 rings (SSSR count). The van der Waals surface area contributed by atoms with Gasteiger partial charge in [-0.15, -0.1) is 0 Å². The topological polar surface area (TPSA) is 55.8 Å². The molecule has 156 valence electrons. The lowest BCUT2D eigenvalue weighted by atomic mass is 10.0. The van der Waals surface area contributed by atoms with Crippen LogP contribution < -0.4 is 4.74 Å². The summed E-state index contributed by atoms with van der Waals surface area (Å²) in [6, 6.07) is 26.6. The van der Waals surface area contributed by atoms with E-state index in [-0.39, 0.29) is 13.2 Å². The number of benzene rings is 4. The highest BCUT2D eigenvalue weighted by Crippen LogP contribution is 2.38. The van der Waals surface area contributed by atoms with E-state index in [1.54, 1.807) is 11.8 Å². The molecule has 0 saturated heterocycles. The van der Waals surface area contributed by atoms with Gasteiger partial charge < -0.3 is 14.6 Å². The van der Waals surface area contributed by atoms with E-state index in [4.69, 9.17) is 9.47 Å². The van der Waals surface area contributed by atoms with Crippen molar-refractivity contribution in [1.29, 1.82) is 0 Å². The van der Waals surface area contributed by atoms with E-state index in [2.05, 4.69) is 43.0 Å². The number of carbonyl (C=O) groups excluding carboxylic acids is 1. The van der Waals surface area contributed by atoms with Crippen LogP contribution in [0.25, 0.3) is 21.5 Å². The molecule has 0 heterocycles. The van der Waals surface area contributed by atoms with E-state index in [0.717, 1.165) is 37.4 Å². The van der Waals surface area contributed by atoms with Gasteiger partial charge >= 0.3 is 5.97 Å². The number of ether oxygens (including phenoxy) is 2. The number of aliphatic hydroxyl groups is 1. The molecule has 0 spiro atoms. The Morgan fingerprint density at radius 1 is 0.903 bits per heavy atom. The molecular formula is C26H22O4S. The van der Waals surface area contributed by atoms with E-state index in [1.165, 1.54) is 0 Å². The predicted molar refractivity (Wildman–Crippen MR) is 125 cm³/mol. The molecule has 0 amide bonds. The molecule has 0 fully saturated rings. The van der Waals surface area contributed by atoms with Crippen LogP contribution in [0, 0.1) is 0 Å². The lowest BCUT2D eigenvalue weighted by Crippen LogP contribution is -2.24.